The predicted octanol–water partition coefficient (Wildman–Crippen LogP) is 3.49. The maximum Gasteiger partial charge on any atom is 0.254 e. The van der Waals surface area contributed by atoms with E-state index in [4.69, 9.17) is 0 Å². The Morgan fingerprint density at radius 2 is 1.91 bits per heavy atom. The third-order valence-electron chi connectivity index (χ3n) is 4.27. The molecule has 0 aromatic heterocycles. The van der Waals surface area contributed by atoms with E-state index in [0.717, 1.165) is 36.6 Å². The molecule has 0 unspecified atom stereocenters. The number of nitrogens with zero attached hydrogens (tertiary/aromatic N) is 2. The lowest BCUT2D eigenvalue weighted by atomic mass is 9.86. The van der Waals surface area contributed by atoms with Crippen LogP contribution < -0.4 is 0 Å². The summed E-state index contributed by atoms with van der Waals surface area (Å²) in [5.41, 5.74) is 2.20. The SMILES string of the molecule is CN(C)C[C@H]1CSCCCN1C(=O)c1ccc(C(C)(C)C)cc1. The van der Waals surface area contributed by atoms with E-state index in [-0.39, 0.29) is 11.3 Å². The smallest absolute Gasteiger partial charge is 0.254 e. The number of carbonyl (C=O) groups excluding carboxylic acids is 1. The summed E-state index contributed by atoms with van der Waals surface area (Å²) in [6.45, 7) is 8.39. The minimum absolute atomic E-state index is 0.119. The Hall–Kier alpha value is -1.00. The average Bonchev–Trinajstić information content (AvgIpc) is 2.70. The lowest BCUT2D eigenvalue weighted by Gasteiger charge is -2.32. The van der Waals surface area contributed by atoms with Crippen molar-refractivity contribution in [1.29, 1.82) is 0 Å². The lowest BCUT2D eigenvalue weighted by Crippen LogP contribution is -2.46. The number of amides is 1. The zero-order valence-electron chi connectivity index (χ0n) is 15.1. The first-order valence-corrected chi connectivity index (χ1v) is 9.58. The summed E-state index contributed by atoms with van der Waals surface area (Å²) in [6, 6.07) is 8.48. The van der Waals surface area contributed by atoms with Crippen LogP contribution in [0.1, 0.15) is 43.1 Å². The molecule has 1 heterocycles. The summed E-state index contributed by atoms with van der Waals surface area (Å²) in [5.74, 6) is 2.36. The second-order valence-electron chi connectivity index (χ2n) is 7.67. The Morgan fingerprint density at radius 3 is 2.48 bits per heavy atom. The average molecular weight is 335 g/mol. The Kier molecular flexibility index (Phi) is 6.15. The molecule has 4 heteroatoms. The van der Waals surface area contributed by atoms with Gasteiger partial charge in [-0.1, -0.05) is 32.9 Å². The zero-order chi connectivity index (χ0) is 17.0. The fraction of sp³-hybridized carbons (Fsp3) is 0.632. The van der Waals surface area contributed by atoms with Crippen molar-refractivity contribution in [2.24, 2.45) is 0 Å². The van der Waals surface area contributed by atoms with Crippen molar-refractivity contribution in [3.8, 4) is 0 Å². The molecule has 1 aromatic carbocycles. The predicted molar refractivity (Wildman–Crippen MR) is 100 cm³/mol. The van der Waals surface area contributed by atoms with Gasteiger partial charge in [-0.3, -0.25) is 4.79 Å². The summed E-state index contributed by atoms with van der Waals surface area (Å²) < 4.78 is 0. The molecule has 1 saturated heterocycles. The van der Waals surface area contributed by atoms with Gasteiger partial charge in [0.2, 0.25) is 0 Å². The number of hydrogen-bond donors (Lipinski definition) is 0. The monoisotopic (exact) mass is 334 g/mol. The van der Waals surface area contributed by atoms with Crippen LogP contribution in [0.5, 0.6) is 0 Å². The zero-order valence-corrected chi connectivity index (χ0v) is 15.9. The van der Waals surface area contributed by atoms with Gasteiger partial charge in [0.05, 0.1) is 6.04 Å². The normalized spacial score (nSPS) is 19.7. The number of rotatable bonds is 3. The van der Waals surface area contributed by atoms with Gasteiger partial charge in [0.25, 0.3) is 5.91 Å². The van der Waals surface area contributed by atoms with Gasteiger partial charge in [-0.15, -0.1) is 0 Å². The highest BCUT2D eigenvalue weighted by molar-refractivity contribution is 7.99. The van der Waals surface area contributed by atoms with Gasteiger partial charge >= 0.3 is 0 Å². The molecule has 0 saturated carbocycles. The maximum atomic E-state index is 13.0. The van der Waals surface area contributed by atoms with E-state index in [1.54, 1.807) is 0 Å². The lowest BCUT2D eigenvalue weighted by molar-refractivity contribution is 0.0675. The third-order valence-corrected chi connectivity index (χ3v) is 5.47. The standard InChI is InChI=1S/C19H30N2OS/c1-19(2,3)16-9-7-15(8-10-16)18(22)21-11-6-12-23-14-17(21)13-20(4)5/h7-10,17H,6,11-14H2,1-5H3/t17-/m0/s1. The number of thioether (sulfide) groups is 1. The molecule has 1 aromatic rings. The molecule has 1 fully saturated rings. The van der Waals surface area contributed by atoms with E-state index < -0.39 is 0 Å². The molecule has 1 atom stereocenters. The highest BCUT2D eigenvalue weighted by Crippen LogP contribution is 2.24. The first-order valence-electron chi connectivity index (χ1n) is 8.43. The molecule has 1 aliphatic rings. The van der Waals surface area contributed by atoms with Crippen molar-refractivity contribution in [2.75, 3.05) is 38.7 Å². The van der Waals surface area contributed by atoms with Gasteiger partial charge < -0.3 is 9.80 Å². The molecule has 3 nitrogen and oxygen atoms in total. The van der Waals surface area contributed by atoms with Crippen LogP contribution in [0.3, 0.4) is 0 Å². The topological polar surface area (TPSA) is 23.6 Å². The second-order valence-corrected chi connectivity index (χ2v) is 8.82. The van der Waals surface area contributed by atoms with Crippen LogP contribution in [0.4, 0.5) is 0 Å². The second kappa shape index (κ2) is 7.71. The largest absolute Gasteiger partial charge is 0.334 e. The van der Waals surface area contributed by atoms with Crippen LogP contribution in [0.25, 0.3) is 0 Å². The Labute approximate surface area is 145 Å². The van der Waals surface area contributed by atoms with Crippen LogP contribution in [-0.2, 0) is 5.41 Å². The van der Waals surface area contributed by atoms with Crippen molar-refractivity contribution in [1.82, 2.24) is 9.80 Å². The molecular weight excluding hydrogens is 304 g/mol. The van der Waals surface area contributed by atoms with Crippen LogP contribution >= 0.6 is 11.8 Å². The number of hydrogen-bond acceptors (Lipinski definition) is 3. The summed E-state index contributed by atoms with van der Waals surface area (Å²) >= 11 is 1.97. The first-order chi connectivity index (χ1) is 10.8. The van der Waals surface area contributed by atoms with Crippen LogP contribution in [0.2, 0.25) is 0 Å². The fourth-order valence-electron chi connectivity index (χ4n) is 2.95. The molecule has 23 heavy (non-hydrogen) atoms. The third kappa shape index (κ3) is 4.98. The first kappa shape index (κ1) is 18.3. The quantitative estimate of drug-likeness (QED) is 0.845. The summed E-state index contributed by atoms with van der Waals surface area (Å²) in [6.07, 6.45) is 1.08. The fourth-order valence-corrected chi connectivity index (χ4v) is 4.00. The van der Waals surface area contributed by atoms with Crippen molar-refractivity contribution in [2.45, 2.75) is 38.6 Å². The number of benzene rings is 1. The summed E-state index contributed by atoms with van der Waals surface area (Å²) in [4.78, 5) is 17.3. The Balaban J connectivity index is 2.18. The van der Waals surface area contributed by atoms with Gasteiger partial charge in [0.15, 0.2) is 0 Å². The molecule has 2 rings (SSSR count). The summed E-state index contributed by atoms with van der Waals surface area (Å²) in [7, 11) is 4.16. The summed E-state index contributed by atoms with van der Waals surface area (Å²) in [5, 5.41) is 0. The maximum absolute atomic E-state index is 13.0. The number of likely N-dealkylation sites (N-methyl/N-ethyl adjacent to an activating group) is 1. The van der Waals surface area contributed by atoms with Gasteiger partial charge in [0, 0.05) is 24.4 Å². The van der Waals surface area contributed by atoms with Crippen molar-refractivity contribution >= 4 is 17.7 Å². The molecule has 1 aliphatic heterocycles. The van der Waals surface area contributed by atoms with Crippen molar-refractivity contribution in [3.63, 3.8) is 0 Å². The minimum Gasteiger partial charge on any atom is -0.334 e. The molecule has 0 spiro atoms. The van der Waals surface area contributed by atoms with Gasteiger partial charge in [-0.2, -0.15) is 11.8 Å². The Morgan fingerprint density at radius 1 is 1.26 bits per heavy atom. The molecule has 0 aliphatic carbocycles. The van der Waals surface area contributed by atoms with E-state index in [1.807, 2.05) is 23.9 Å². The van der Waals surface area contributed by atoms with Gasteiger partial charge in [-0.05, 0) is 49.4 Å². The van der Waals surface area contributed by atoms with Gasteiger partial charge in [-0.25, -0.2) is 0 Å². The number of carbonyl (C=O) groups is 1. The van der Waals surface area contributed by atoms with Crippen LogP contribution in [0, 0.1) is 0 Å². The van der Waals surface area contributed by atoms with Gasteiger partial charge in [0.1, 0.15) is 0 Å². The van der Waals surface area contributed by atoms with E-state index >= 15 is 0 Å². The van der Waals surface area contributed by atoms with Crippen LogP contribution in [0.15, 0.2) is 24.3 Å². The minimum atomic E-state index is 0.119. The van der Waals surface area contributed by atoms with Crippen molar-refractivity contribution in [3.05, 3.63) is 35.4 Å². The highest BCUT2D eigenvalue weighted by Gasteiger charge is 2.27. The van der Waals surface area contributed by atoms with E-state index in [0.29, 0.717) is 6.04 Å². The molecular formula is C19H30N2OS. The van der Waals surface area contributed by atoms with Crippen LogP contribution in [-0.4, -0.2) is 60.4 Å². The Bertz CT molecular complexity index is 519. The molecule has 128 valence electrons. The molecule has 0 bridgehead atoms. The van der Waals surface area contributed by atoms with Crippen molar-refractivity contribution < 1.29 is 4.79 Å². The highest BCUT2D eigenvalue weighted by atomic mass is 32.2. The van der Waals surface area contributed by atoms with E-state index in [2.05, 4.69) is 56.8 Å². The molecule has 0 N–H and O–H groups in total. The van der Waals surface area contributed by atoms with E-state index in [1.165, 1.54) is 5.56 Å². The van der Waals surface area contributed by atoms with E-state index in [9.17, 15) is 4.79 Å². The molecule has 1 amide bonds. The molecule has 0 radical (unpaired) electrons.